The van der Waals surface area contributed by atoms with Gasteiger partial charge >= 0.3 is 0 Å². The molecular weight excluding hydrogens is 264 g/mol. The highest BCUT2D eigenvalue weighted by atomic mass is 16.2. The third-order valence-electron chi connectivity index (χ3n) is 3.79. The van der Waals surface area contributed by atoms with Gasteiger partial charge in [-0.15, -0.1) is 0 Å². The Bertz CT molecular complexity index is 772. The Labute approximate surface area is 123 Å². The van der Waals surface area contributed by atoms with E-state index >= 15 is 0 Å². The molecule has 2 aromatic carbocycles. The van der Waals surface area contributed by atoms with Crippen LogP contribution in [0.5, 0.6) is 0 Å². The zero-order valence-corrected chi connectivity index (χ0v) is 12.7. The van der Waals surface area contributed by atoms with Crippen LogP contribution in [0.4, 0.5) is 11.4 Å². The van der Waals surface area contributed by atoms with E-state index in [-0.39, 0.29) is 11.8 Å². The van der Waals surface area contributed by atoms with E-state index in [1.165, 1.54) is 0 Å². The third kappa shape index (κ3) is 2.07. The highest BCUT2D eigenvalue weighted by molar-refractivity contribution is 6.24. The quantitative estimate of drug-likeness (QED) is 0.871. The van der Waals surface area contributed by atoms with Gasteiger partial charge in [0.2, 0.25) is 5.91 Å². The molecule has 0 aromatic heterocycles. The number of hydrogen-bond donors (Lipinski definition) is 1. The van der Waals surface area contributed by atoms with Crippen LogP contribution >= 0.6 is 0 Å². The minimum absolute atomic E-state index is 0.0172. The Kier molecular flexibility index (Phi) is 2.80. The topological polar surface area (TPSA) is 49.4 Å². The molecule has 1 aliphatic heterocycles. The molecule has 2 aromatic rings. The summed E-state index contributed by atoms with van der Waals surface area (Å²) in [5.41, 5.74) is 1.75. The summed E-state index contributed by atoms with van der Waals surface area (Å²) in [5.74, 6) is -0.0942. The van der Waals surface area contributed by atoms with Crippen molar-refractivity contribution in [3.63, 3.8) is 0 Å². The molecule has 0 radical (unpaired) electrons. The van der Waals surface area contributed by atoms with Gasteiger partial charge < -0.3 is 10.2 Å². The fourth-order valence-electron chi connectivity index (χ4n) is 2.70. The second kappa shape index (κ2) is 4.32. The van der Waals surface area contributed by atoms with Crippen molar-refractivity contribution in [1.29, 1.82) is 0 Å². The molecule has 1 heterocycles. The first-order valence-corrected chi connectivity index (χ1v) is 6.95. The molecule has 4 heteroatoms. The summed E-state index contributed by atoms with van der Waals surface area (Å²) < 4.78 is 0. The van der Waals surface area contributed by atoms with Crippen LogP contribution in [0.3, 0.4) is 0 Å². The molecule has 0 saturated heterocycles. The normalized spacial score (nSPS) is 13.4. The van der Waals surface area contributed by atoms with E-state index < -0.39 is 5.41 Å². The minimum Gasteiger partial charge on any atom is -0.321 e. The molecule has 2 amide bonds. The SMILES string of the molecule is CN(C(=O)C(C)(C)C)c1cc2c3c(cccc3c1)NC2=O. The van der Waals surface area contributed by atoms with Crippen molar-refractivity contribution in [1.82, 2.24) is 0 Å². The van der Waals surface area contributed by atoms with Crippen molar-refractivity contribution in [3.05, 3.63) is 35.9 Å². The average Bonchev–Trinajstić information content (AvgIpc) is 2.74. The van der Waals surface area contributed by atoms with Crippen LogP contribution in [0, 0.1) is 5.41 Å². The number of nitrogens with zero attached hydrogens (tertiary/aromatic N) is 1. The Hall–Kier alpha value is -2.36. The lowest BCUT2D eigenvalue weighted by Gasteiger charge is -2.26. The molecule has 1 N–H and O–H groups in total. The zero-order chi connectivity index (χ0) is 15.4. The van der Waals surface area contributed by atoms with E-state index in [2.05, 4.69) is 5.32 Å². The Morgan fingerprint density at radius 3 is 2.57 bits per heavy atom. The molecule has 0 unspecified atom stereocenters. The van der Waals surface area contributed by atoms with Gasteiger partial charge in [-0.3, -0.25) is 9.59 Å². The fourth-order valence-corrected chi connectivity index (χ4v) is 2.70. The number of amides is 2. The van der Waals surface area contributed by atoms with Gasteiger partial charge in [-0.1, -0.05) is 32.9 Å². The highest BCUT2D eigenvalue weighted by Gasteiger charge is 2.28. The molecule has 108 valence electrons. The summed E-state index contributed by atoms with van der Waals surface area (Å²) in [6, 6.07) is 9.49. The lowest BCUT2D eigenvalue weighted by Crippen LogP contribution is -2.36. The Morgan fingerprint density at radius 2 is 1.90 bits per heavy atom. The van der Waals surface area contributed by atoms with Crippen LogP contribution in [0.1, 0.15) is 31.1 Å². The first-order valence-electron chi connectivity index (χ1n) is 6.95. The maximum absolute atomic E-state index is 12.4. The molecule has 0 aliphatic carbocycles. The van der Waals surface area contributed by atoms with Crippen LogP contribution in [-0.2, 0) is 4.79 Å². The molecule has 3 rings (SSSR count). The van der Waals surface area contributed by atoms with Crippen molar-refractivity contribution in [2.75, 3.05) is 17.3 Å². The van der Waals surface area contributed by atoms with Crippen molar-refractivity contribution in [2.45, 2.75) is 20.8 Å². The molecular formula is C17H18N2O2. The molecule has 0 saturated carbocycles. The lowest BCUT2D eigenvalue weighted by atomic mass is 9.94. The van der Waals surface area contributed by atoms with Crippen LogP contribution in [0.25, 0.3) is 10.8 Å². The van der Waals surface area contributed by atoms with Crippen LogP contribution < -0.4 is 10.2 Å². The van der Waals surface area contributed by atoms with Gasteiger partial charge in [-0.2, -0.15) is 0 Å². The number of rotatable bonds is 1. The number of nitrogens with one attached hydrogen (secondary N) is 1. The fraction of sp³-hybridized carbons (Fsp3) is 0.294. The standard InChI is InChI=1S/C17H18N2O2/c1-17(2,3)16(21)19(4)11-8-10-6-5-7-13-14(10)12(9-11)15(20)18-13/h5-9H,1-4H3,(H,18,20). The van der Waals surface area contributed by atoms with Crippen molar-refractivity contribution in [3.8, 4) is 0 Å². The third-order valence-corrected chi connectivity index (χ3v) is 3.79. The molecule has 0 spiro atoms. The van der Waals surface area contributed by atoms with Gasteiger partial charge in [0.05, 0.1) is 5.56 Å². The van der Waals surface area contributed by atoms with Crippen molar-refractivity contribution < 1.29 is 9.59 Å². The number of hydrogen-bond acceptors (Lipinski definition) is 2. The molecule has 4 nitrogen and oxygen atoms in total. The lowest BCUT2D eigenvalue weighted by molar-refractivity contribution is -0.125. The van der Waals surface area contributed by atoms with Gasteiger partial charge in [0.1, 0.15) is 0 Å². The predicted molar refractivity (Wildman–Crippen MR) is 84.8 cm³/mol. The summed E-state index contributed by atoms with van der Waals surface area (Å²) >= 11 is 0. The van der Waals surface area contributed by atoms with Crippen LogP contribution in [0.2, 0.25) is 0 Å². The van der Waals surface area contributed by atoms with Crippen molar-refractivity contribution in [2.24, 2.45) is 5.41 Å². The smallest absolute Gasteiger partial charge is 0.256 e. The number of benzene rings is 2. The Balaban J connectivity index is 2.15. The summed E-state index contributed by atoms with van der Waals surface area (Å²) in [6.07, 6.45) is 0. The van der Waals surface area contributed by atoms with Gasteiger partial charge in [-0.05, 0) is 23.6 Å². The summed E-state index contributed by atoms with van der Waals surface area (Å²) in [7, 11) is 1.75. The Morgan fingerprint density at radius 1 is 1.19 bits per heavy atom. The summed E-state index contributed by atoms with van der Waals surface area (Å²) in [6.45, 7) is 5.66. The minimum atomic E-state index is -0.464. The predicted octanol–water partition coefficient (Wildman–Crippen LogP) is 3.41. The second-order valence-electron chi connectivity index (χ2n) is 6.47. The number of carbonyl (C=O) groups excluding carboxylic acids is 2. The first kappa shape index (κ1) is 13.6. The number of carbonyl (C=O) groups is 2. The molecule has 1 aliphatic rings. The monoisotopic (exact) mass is 282 g/mol. The van der Waals surface area contributed by atoms with Crippen LogP contribution in [-0.4, -0.2) is 18.9 Å². The van der Waals surface area contributed by atoms with E-state index in [4.69, 9.17) is 0 Å². The van der Waals surface area contributed by atoms with Crippen molar-refractivity contribution >= 4 is 34.0 Å². The van der Waals surface area contributed by atoms with E-state index in [1.807, 2.05) is 45.0 Å². The molecule has 0 atom stereocenters. The van der Waals surface area contributed by atoms with E-state index in [0.717, 1.165) is 22.1 Å². The van der Waals surface area contributed by atoms with E-state index in [0.29, 0.717) is 5.56 Å². The molecule has 0 bridgehead atoms. The van der Waals surface area contributed by atoms with Gasteiger partial charge in [0, 0.05) is 29.2 Å². The number of anilines is 2. The highest BCUT2D eigenvalue weighted by Crippen LogP contribution is 2.36. The second-order valence-corrected chi connectivity index (χ2v) is 6.47. The van der Waals surface area contributed by atoms with E-state index in [1.54, 1.807) is 18.0 Å². The molecule has 21 heavy (non-hydrogen) atoms. The zero-order valence-electron chi connectivity index (χ0n) is 12.7. The van der Waals surface area contributed by atoms with Crippen LogP contribution in [0.15, 0.2) is 30.3 Å². The van der Waals surface area contributed by atoms with Gasteiger partial charge in [0.15, 0.2) is 0 Å². The molecule has 0 fully saturated rings. The van der Waals surface area contributed by atoms with Gasteiger partial charge in [-0.25, -0.2) is 0 Å². The largest absolute Gasteiger partial charge is 0.321 e. The maximum Gasteiger partial charge on any atom is 0.256 e. The summed E-state index contributed by atoms with van der Waals surface area (Å²) in [4.78, 5) is 26.1. The average molecular weight is 282 g/mol. The van der Waals surface area contributed by atoms with E-state index in [9.17, 15) is 9.59 Å². The first-order chi connectivity index (χ1) is 9.79. The maximum atomic E-state index is 12.4. The summed E-state index contributed by atoms with van der Waals surface area (Å²) in [5, 5.41) is 4.75. The van der Waals surface area contributed by atoms with Gasteiger partial charge in [0.25, 0.3) is 5.91 Å².